The van der Waals surface area contributed by atoms with Gasteiger partial charge in [0.25, 0.3) is 10.1 Å². The van der Waals surface area contributed by atoms with Gasteiger partial charge in [-0.1, -0.05) is 43.6 Å². The minimum Gasteiger partial charge on any atom is -0.460 e. The third kappa shape index (κ3) is 11.2. The fraction of sp³-hybridized carbons (Fsp3) is 0.692. The number of carbonyl (C=O) groups is 2. The van der Waals surface area contributed by atoms with E-state index >= 15 is 0 Å². The van der Waals surface area contributed by atoms with Crippen LogP contribution in [-0.2, 0) is 33.1 Å². The molecule has 226 valence electrons. The molecule has 2 N–H and O–H groups in total. The highest BCUT2D eigenvalue weighted by molar-refractivity contribution is 7.86. The topological polar surface area (TPSA) is 177 Å². The van der Waals surface area contributed by atoms with E-state index in [1.54, 1.807) is 32.9 Å². The number of nitrogens with one attached hydrogen (secondary N) is 1. The number of benzene rings is 1. The van der Waals surface area contributed by atoms with Gasteiger partial charge in [0, 0.05) is 11.8 Å². The summed E-state index contributed by atoms with van der Waals surface area (Å²) in [6.07, 6.45) is -2.91. The predicted molar refractivity (Wildman–Crippen MR) is 153 cm³/mol. The maximum atomic E-state index is 12.9. The number of rotatable bonds is 13. The number of nitrogens with zero attached hydrogens (tertiary/aromatic N) is 3. The van der Waals surface area contributed by atoms with E-state index in [4.69, 9.17) is 18.9 Å². The fourth-order valence-corrected chi connectivity index (χ4v) is 5.65. The van der Waals surface area contributed by atoms with E-state index in [9.17, 15) is 23.1 Å². The molecule has 0 aromatic heterocycles. The number of azide groups is 1. The normalized spacial score (nSPS) is 15.8. The van der Waals surface area contributed by atoms with Crippen molar-refractivity contribution >= 4 is 30.3 Å². The summed E-state index contributed by atoms with van der Waals surface area (Å²) < 4.78 is 42.6. The van der Waals surface area contributed by atoms with Crippen LogP contribution in [0.15, 0.2) is 34.3 Å². The van der Waals surface area contributed by atoms with Crippen molar-refractivity contribution in [3.63, 3.8) is 0 Å². The number of amides is 1. The van der Waals surface area contributed by atoms with E-state index in [0.717, 1.165) is 5.56 Å². The molecule has 0 saturated heterocycles. The Kier molecular flexibility index (Phi) is 12.4. The van der Waals surface area contributed by atoms with Gasteiger partial charge in [-0.25, -0.2) is 0 Å². The maximum absolute atomic E-state index is 12.9. The van der Waals surface area contributed by atoms with Gasteiger partial charge in [-0.15, -0.1) is 0 Å². The number of aliphatic hydroxyl groups is 1. The number of esters is 1. The quantitative estimate of drug-likeness (QED) is 0.0837. The molecule has 0 aliphatic rings. The van der Waals surface area contributed by atoms with Gasteiger partial charge in [0.1, 0.15) is 17.7 Å². The van der Waals surface area contributed by atoms with Crippen LogP contribution in [0.25, 0.3) is 10.4 Å². The van der Waals surface area contributed by atoms with Crippen LogP contribution in [-0.4, -0.2) is 70.2 Å². The summed E-state index contributed by atoms with van der Waals surface area (Å²) in [6.45, 7) is 17.1. The number of aliphatic hydroxyl groups excluding tert-OH is 1. The van der Waals surface area contributed by atoms with Crippen molar-refractivity contribution in [2.45, 2.75) is 115 Å². The number of hydrogen-bond donors (Lipinski definition) is 2. The number of ether oxygens (including phenoxy) is 1. The second-order valence-electron chi connectivity index (χ2n) is 12.3. The van der Waals surface area contributed by atoms with Crippen molar-refractivity contribution in [1.29, 1.82) is 0 Å². The summed E-state index contributed by atoms with van der Waals surface area (Å²) in [4.78, 5) is 27.8. The lowest BCUT2D eigenvalue weighted by Crippen LogP contribution is -2.58. The number of carbonyl (C=O) groups excluding carboxylic acids is 2. The summed E-state index contributed by atoms with van der Waals surface area (Å²) in [7, 11) is -6.85. The van der Waals surface area contributed by atoms with Crippen LogP contribution in [0.3, 0.4) is 0 Å². The fourth-order valence-electron chi connectivity index (χ4n) is 3.37. The zero-order valence-corrected chi connectivity index (χ0v) is 26.9. The van der Waals surface area contributed by atoms with Crippen molar-refractivity contribution in [2.24, 2.45) is 5.11 Å². The highest BCUT2D eigenvalue weighted by Crippen LogP contribution is 2.38. The molecule has 12 nitrogen and oxygen atoms in total. The van der Waals surface area contributed by atoms with Crippen molar-refractivity contribution in [2.75, 3.05) is 6.61 Å². The molecule has 0 aliphatic carbocycles. The van der Waals surface area contributed by atoms with Gasteiger partial charge in [0.2, 0.25) is 5.91 Å². The first kappa shape index (κ1) is 35.5. The molecule has 1 aromatic rings. The Morgan fingerprint density at radius 2 is 1.68 bits per heavy atom. The first-order chi connectivity index (χ1) is 18.1. The van der Waals surface area contributed by atoms with E-state index in [0.29, 0.717) is 0 Å². The lowest BCUT2D eigenvalue weighted by atomic mass is 9.98. The Labute approximate surface area is 238 Å². The Morgan fingerprint density at radius 3 is 2.12 bits per heavy atom. The molecule has 0 saturated carbocycles. The highest BCUT2D eigenvalue weighted by Gasteiger charge is 2.44. The molecule has 0 unspecified atom stereocenters. The standard InChI is InChI=1S/C26H44N4O8SSi/c1-17-11-13-19(14-12-17)39(34,35)36-16-21(32)23(28-18(2)31)22(38-40(9,10)26(6,7)8)15-20(29-30-27)24(33)37-25(3,4)5/h11-14,20-23,32H,15-16H2,1-10H3,(H,28,31)/t20-,21+,22-,23-/m0/s1. The number of aryl methyl sites for hydroxylation is 1. The molecule has 1 aromatic carbocycles. The zero-order valence-electron chi connectivity index (χ0n) is 25.1. The summed E-state index contributed by atoms with van der Waals surface area (Å²) >= 11 is 0. The molecular weight excluding hydrogens is 556 g/mol. The first-order valence-electron chi connectivity index (χ1n) is 13.0. The largest absolute Gasteiger partial charge is 0.460 e. The predicted octanol–water partition coefficient (Wildman–Crippen LogP) is 4.37. The lowest BCUT2D eigenvalue weighted by molar-refractivity contribution is -0.157. The van der Waals surface area contributed by atoms with Crippen LogP contribution >= 0.6 is 0 Å². The summed E-state index contributed by atoms with van der Waals surface area (Å²) in [6, 6.07) is 3.43. The van der Waals surface area contributed by atoms with Crippen molar-refractivity contribution in [3.05, 3.63) is 40.3 Å². The molecule has 14 heteroatoms. The monoisotopic (exact) mass is 600 g/mol. The average Bonchev–Trinajstić information content (AvgIpc) is 2.78. The zero-order chi connectivity index (χ0) is 31.1. The van der Waals surface area contributed by atoms with Gasteiger partial charge < -0.3 is 19.6 Å². The van der Waals surface area contributed by atoms with Crippen molar-refractivity contribution in [3.8, 4) is 0 Å². The van der Waals surface area contributed by atoms with Gasteiger partial charge in [0.15, 0.2) is 8.32 Å². The van der Waals surface area contributed by atoms with E-state index in [-0.39, 0.29) is 16.4 Å². The van der Waals surface area contributed by atoms with Gasteiger partial charge in [-0.2, -0.15) is 8.42 Å². The highest BCUT2D eigenvalue weighted by atomic mass is 32.2. The van der Waals surface area contributed by atoms with E-state index in [1.807, 2.05) is 40.8 Å². The Bertz CT molecular complexity index is 1170. The molecule has 40 heavy (non-hydrogen) atoms. The first-order valence-corrected chi connectivity index (χ1v) is 17.3. The van der Waals surface area contributed by atoms with Crippen LogP contribution in [0.5, 0.6) is 0 Å². The molecule has 0 fully saturated rings. The van der Waals surface area contributed by atoms with Gasteiger partial charge in [-0.3, -0.25) is 13.8 Å². The SMILES string of the molecule is CC(=O)N[C@@H]([C@H](O)COS(=O)(=O)c1ccc(C)cc1)[C@H](C[C@H](N=[N+]=[N-])C(=O)OC(C)(C)C)O[Si](C)(C)C(C)(C)C. The third-order valence-electron chi connectivity index (χ3n) is 6.47. The summed E-state index contributed by atoms with van der Waals surface area (Å²) in [5.41, 5.74) is 9.15. The van der Waals surface area contributed by atoms with Gasteiger partial charge in [0.05, 0.1) is 23.6 Å². The van der Waals surface area contributed by atoms with Crippen LogP contribution in [0, 0.1) is 6.92 Å². The van der Waals surface area contributed by atoms with Crippen molar-refractivity contribution in [1.82, 2.24) is 5.32 Å². The molecular formula is C26H44N4O8SSi. The molecule has 1 amide bonds. The number of hydrogen-bond acceptors (Lipinski definition) is 9. The van der Waals surface area contributed by atoms with Crippen molar-refractivity contribution < 1.29 is 36.5 Å². The van der Waals surface area contributed by atoms with E-state index < -0.39 is 66.8 Å². The maximum Gasteiger partial charge on any atom is 0.315 e. The van der Waals surface area contributed by atoms with Crippen LogP contribution in [0.1, 0.15) is 60.5 Å². The molecule has 0 radical (unpaired) electrons. The van der Waals surface area contributed by atoms with Gasteiger partial charge in [-0.05, 0) is 69.9 Å². The minimum absolute atomic E-state index is 0.0937. The second-order valence-corrected chi connectivity index (χ2v) is 18.6. The lowest BCUT2D eigenvalue weighted by Gasteiger charge is -2.43. The Morgan fingerprint density at radius 1 is 1.12 bits per heavy atom. The van der Waals surface area contributed by atoms with E-state index in [1.165, 1.54) is 19.1 Å². The Balaban J connectivity index is 3.44. The minimum atomic E-state index is -4.23. The second kappa shape index (κ2) is 13.9. The Hall–Kier alpha value is -2.48. The molecule has 1 rings (SSSR count). The summed E-state index contributed by atoms with van der Waals surface area (Å²) in [5, 5.41) is 17.1. The molecule has 0 heterocycles. The summed E-state index contributed by atoms with van der Waals surface area (Å²) in [5.74, 6) is -1.34. The third-order valence-corrected chi connectivity index (χ3v) is 12.3. The van der Waals surface area contributed by atoms with Crippen LogP contribution in [0.4, 0.5) is 0 Å². The average molecular weight is 601 g/mol. The van der Waals surface area contributed by atoms with Crippen LogP contribution < -0.4 is 5.32 Å². The molecule has 0 spiro atoms. The molecule has 0 bridgehead atoms. The van der Waals surface area contributed by atoms with Gasteiger partial charge >= 0.3 is 5.97 Å². The molecule has 4 atom stereocenters. The smallest absolute Gasteiger partial charge is 0.315 e. The molecule has 0 aliphatic heterocycles. The van der Waals surface area contributed by atoms with E-state index in [2.05, 4.69) is 15.3 Å². The van der Waals surface area contributed by atoms with Crippen LogP contribution in [0.2, 0.25) is 18.1 Å².